The lowest BCUT2D eigenvalue weighted by molar-refractivity contribution is 0.0951. The predicted octanol–water partition coefficient (Wildman–Crippen LogP) is 3.89. The maximum Gasteiger partial charge on any atom is 0.251 e. The van der Waals surface area contributed by atoms with E-state index in [4.69, 9.17) is 11.6 Å². The third-order valence-corrected chi connectivity index (χ3v) is 3.54. The fourth-order valence-electron chi connectivity index (χ4n) is 1.80. The molecular formula is C16H16ClNO. The number of rotatable bonds is 3. The van der Waals surface area contributed by atoms with E-state index >= 15 is 0 Å². The normalized spacial score (nSPS) is 10.3. The van der Waals surface area contributed by atoms with Crippen LogP contribution in [-0.2, 0) is 6.54 Å². The van der Waals surface area contributed by atoms with Crippen molar-refractivity contribution >= 4 is 17.5 Å². The molecule has 0 aliphatic carbocycles. The molecular weight excluding hydrogens is 258 g/mol. The summed E-state index contributed by atoms with van der Waals surface area (Å²) < 4.78 is 0. The Balaban J connectivity index is 2.05. The molecule has 0 radical (unpaired) electrons. The highest BCUT2D eigenvalue weighted by Gasteiger charge is 2.07. The lowest BCUT2D eigenvalue weighted by Crippen LogP contribution is -2.23. The summed E-state index contributed by atoms with van der Waals surface area (Å²) in [5, 5.41) is 3.55. The van der Waals surface area contributed by atoms with Crippen molar-refractivity contribution in [2.75, 3.05) is 0 Å². The standard InChI is InChI=1S/C16H16ClNO/c1-11-7-8-13(9-12(11)2)16(19)18-10-14-5-3-4-6-15(14)17/h3-9H,10H2,1-2H3,(H,18,19). The number of hydrogen-bond acceptors (Lipinski definition) is 1. The molecule has 0 aromatic heterocycles. The van der Waals surface area contributed by atoms with Crippen LogP contribution in [0.5, 0.6) is 0 Å². The van der Waals surface area contributed by atoms with Crippen molar-refractivity contribution in [3.8, 4) is 0 Å². The van der Waals surface area contributed by atoms with E-state index in [0.29, 0.717) is 17.1 Å². The maximum absolute atomic E-state index is 12.0. The van der Waals surface area contributed by atoms with E-state index in [-0.39, 0.29) is 5.91 Å². The van der Waals surface area contributed by atoms with E-state index in [1.807, 2.05) is 56.3 Å². The molecule has 98 valence electrons. The lowest BCUT2D eigenvalue weighted by atomic mass is 10.1. The van der Waals surface area contributed by atoms with Gasteiger partial charge in [-0.2, -0.15) is 0 Å². The highest BCUT2D eigenvalue weighted by molar-refractivity contribution is 6.31. The minimum Gasteiger partial charge on any atom is -0.348 e. The Bertz CT molecular complexity index is 607. The average molecular weight is 274 g/mol. The number of amides is 1. The fraction of sp³-hybridized carbons (Fsp3) is 0.188. The largest absolute Gasteiger partial charge is 0.348 e. The van der Waals surface area contributed by atoms with E-state index in [9.17, 15) is 4.79 Å². The summed E-state index contributed by atoms with van der Waals surface area (Å²) in [6.07, 6.45) is 0. The minimum atomic E-state index is -0.0805. The molecule has 1 amide bonds. The Hall–Kier alpha value is -1.80. The summed E-state index contributed by atoms with van der Waals surface area (Å²) in [4.78, 5) is 12.0. The van der Waals surface area contributed by atoms with Crippen molar-refractivity contribution in [3.05, 3.63) is 69.7 Å². The number of halogens is 1. The van der Waals surface area contributed by atoms with Crippen LogP contribution in [0.25, 0.3) is 0 Å². The van der Waals surface area contributed by atoms with Gasteiger partial charge in [-0.05, 0) is 48.7 Å². The zero-order valence-corrected chi connectivity index (χ0v) is 11.8. The van der Waals surface area contributed by atoms with Gasteiger partial charge in [0.15, 0.2) is 0 Å². The smallest absolute Gasteiger partial charge is 0.251 e. The molecule has 0 bridgehead atoms. The summed E-state index contributed by atoms with van der Waals surface area (Å²) in [7, 11) is 0. The van der Waals surface area contributed by atoms with Gasteiger partial charge in [0, 0.05) is 17.1 Å². The second kappa shape index (κ2) is 5.89. The van der Waals surface area contributed by atoms with Crippen LogP contribution >= 0.6 is 11.6 Å². The Morgan fingerprint density at radius 1 is 1.11 bits per heavy atom. The summed E-state index contributed by atoms with van der Waals surface area (Å²) in [6.45, 7) is 4.46. The van der Waals surface area contributed by atoms with Gasteiger partial charge in [-0.1, -0.05) is 35.9 Å². The molecule has 19 heavy (non-hydrogen) atoms. The number of hydrogen-bond donors (Lipinski definition) is 1. The van der Waals surface area contributed by atoms with Crippen molar-refractivity contribution in [1.82, 2.24) is 5.32 Å². The van der Waals surface area contributed by atoms with Gasteiger partial charge in [-0.25, -0.2) is 0 Å². The van der Waals surface area contributed by atoms with Crippen molar-refractivity contribution < 1.29 is 4.79 Å². The van der Waals surface area contributed by atoms with Crippen molar-refractivity contribution in [3.63, 3.8) is 0 Å². The molecule has 0 saturated carbocycles. The Kier molecular flexibility index (Phi) is 4.23. The molecule has 0 unspecified atom stereocenters. The van der Waals surface area contributed by atoms with E-state index in [1.54, 1.807) is 0 Å². The van der Waals surface area contributed by atoms with Gasteiger partial charge < -0.3 is 5.32 Å². The van der Waals surface area contributed by atoms with Crippen LogP contribution in [-0.4, -0.2) is 5.91 Å². The quantitative estimate of drug-likeness (QED) is 0.903. The summed E-state index contributed by atoms with van der Waals surface area (Å²) >= 11 is 6.05. The van der Waals surface area contributed by atoms with E-state index < -0.39 is 0 Å². The fourth-order valence-corrected chi connectivity index (χ4v) is 2.00. The first kappa shape index (κ1) is 13.6. The number of aryl methyl sites for hydroxylation is 2. The molecule has 0 aliphatic heterocycles. The first-order valence-corrected chi connectivity index (χ1v) is 6.54. The molecule has 2 aromatic carbocycles. The monoisotopic (exact) mass is 273 g/mol. The molecule has 0 saturated heterocycles. The van der Waals surface area contributed by atoms with Gasteiger partial charge in [0.1, 0.15) is 0 Å². The number of nitrogens with one attached hydrogen (secondary N) is 1. The second-order valence-electron chi connectivity index (χ2n) is 4.57. The van der Waals surface area contributed by atoms with Gasteiger partial charge in [0.05, 0.1) is 0 Å². The number of benzene rings is 2. The summed E-state index contributed by atoms with van der Waals surface area (Å²) in [6, 6.07) is 13.2. The minimum absolute atomic E-state index is 0.0805. The van der Waals surface area contributed by atoms with Crippen LogP contribution in [0.1, 0.15) is 27.0 Å². The SMILES string of the molecule is Cc1ccc(C(=O)NCc2ccccc2Cl)cc1C. The van der Waals surface area contributed by atoms with Crippen molar-refractivity contribution in [2.45, 2.75) is 20.4 Å². The highest BCUT2D eigenvalue weighted by atomic mass is 35.5. The molecule has 3 heteroatoms. The van der Waals surface area contributed by atoms with Gasteiger partial charge in [0.2, 0.25) is 0 Å². The van der Waals surface area contributed by atoms with E-state index in [2.05, 4.69) is 5.32 Å². The van der Waals surface area contributed by atoms with Crippen molar-refractivity contribution in [2.24, 2.45) is 0 Å². The molecule has 2 aromatic rings. The van der Waals surface area contributed by atoms with Crippen LogP contribution in [0.2, 0.25) is 5.02 Å². The van der Waals surface area contributed by atoms with Crippen molar-refractivity contribution in [1.29, 1.82) is 0 Å². The van der Waals surface area contributed by atoms with Gasteiger partial charge in [-0.15, -0.1) is 0 Å². The van der Waals surface area contributed by atoms with Gasteiger partial charge in [0.25, 0.3) is 5.91 Å². The highest BCUT2D eigenvalue weighted by Crippen LogP contribution is 2.15. The zero-order chi connectivity index (χ0) is 13.8. The average Bonchev–Trinajstić information content (AvgIpc) is 2.40. The summed E-state index contributed by atoms with van der Waals surface area (Å²) in [5.74, 6) is -0.0805. The zero-order valence-electron chi connectivity index (χ0n) is 11.0. The van der Waals surface area contributed by atoms with Gasteiger partial charge in [-0.3, -0.25) is 4.79 Å². The molecule has 0 aliphatic rings. The molecule has 2 rings (SSSR count). The Morgan fingerprint density at radius 3 is 2.53 bits per heavy atom. The van der Waals surface area contributed by atoms with E-state index in [0.717, 1.165) is 11.1 Å². The van der Waals surface area contributed by atoms with Crippen LogP contribution in [0.15, 0.2) is 42.5 Å². The Morgan fingerprint density at radius 2 is 1.84 bits per heavy atom. The predicted molar refractivity (Wildman–Crippen MR) is 78.5 cm³/mol. The topological polar surface area (TPSA) is 29.1 Å². The molecule has 0 spiro atoms. The second-order valence-corrected chi connectivity index (χ2v) is 4.98. The third-order valence-electron chi connectivity index (χ3n) is 3.17. The first-order valence-electron chi connectivity index (χ1n) is 6.17. The van der Waals surface area contributed by atoms with Crippen LogP contribution < -0.4 is 5.32 Å². The maximum atomic E-state index is 12.0. The third kappa shape index (κ3) is 3.36. The van der Waals surface area contributed by atoms with Gasteiger partial charge >= 0.3 is 0 Å². The van der Waals surface area contributed by atoms with Crippen LogP contribution in [0.3, 0.4) is 0 Å². The van der Waals surface area contributed by atoms with Crippen LogP contribution in [0.4, 0.5) is 0 Å². The Labute approximate surface area is 118 Å². The molecule has 1 N–H and O–H groups in total. The molecule has 0 fully saturated rings. The van der Waals surface area contributed by atoms with E-state index in [1.165, 1.54) is 5.56 Å². The first-order chi connectivity index (χ1) is 9.08. The number of carbonyl (C=O) groups excluding carboxylic acids is 1. The number of carbonyl (C=O) groups is 1. The molecule has 2 nitrogen and oxygen atoms in total. The lowest BCUT2D eigenvalue weighted by Gasteiger charge is -2.08. The summed E-state index contributed by atoms with van der Waals surface area (Å²) in [5.41, 5.74) is 3.89. The van der Waals surface area contributed by atoms with Crippen LogP contribution in [0, 0.1) is 13.8 Å². The molecule has 0 atom stereocenters. The molecule has 0 heterocycles.